The number of benzene rings is 1. The zero-order valence-corrected chi connectivity index (χ0v) is 13.1. The van der Waals surface area contributed by atoms with Crippen molar-refractivity contribution in [2.24, 2.45) is 5.73 Å². The van der Waals surface area contributed by atoms with E-state index in [2.05, 4.69) is 24.8 Å². The number of hydrogen-bond acceptors (Lipinski definition) is 3. The van der Waals surface area contributed by atoms with Crippen LogP contribution in [0.4, 0.5) is 0 Å². The minimum absolute atomic E-state index is 0.110. The second-order valence-corrected chi connectivity index (χ2v) is 6.04. The van der Waals surface area contributed by atoms with Gasteiger partial charge in [0.05, 0.1) is 12.1 Å². The lowest BCUT2D eigenvalue weighted by Crippen LogP contribution is -2.43. The molecule has 2 rings (SSSR count). The number of nitrogens with zero attached hydrogens (tertiary/aromatic N) is 1. The van der Waals surface area contributed by atoms with Crippen molar-refractivity contribution < 1.29 is 4.74 Å². The Kier molecular flexibility index (Phi) is 5.85. The lowest BCUT2D eigenvalue weighted by atomic mass is 9.96. The molecule has 0 radical (unpaired) electrons. The van der Waals surface area contributed by atoms with Crippen molar-refractivity contribution in [1.29, 1.82) is 0 Å². The van der Waals surface area contributed by atoms with Crippen LogP contribution in [0.3, 0.4) is 0 Å². The van der Waals surface area contributed by atoms with Crippen molar-refractivity contribution in [2.75, 3.05) is 19.7 Å². The van der Waals surface area contributed by atoms with Crippen LogP contribution < -0.4 is 5.73 Å². The Morgan fingerprint density at radius 2 is 2.30 bits per heavy atom. The molecular weight excluding hydrogens is 272 g/mol. The Morgan fingerprint density at radius 3 is 3.00 bits per heavy atom. The third-order valence-electron chi connectivity index (χ3n) is 3.94. The van der Waals surface area contributed by atoms with Gasteiger partial charge in [-0.15, -0.1) is 0 Å². The first kappa shape index (κ1) is 15.8. The highest BCUT2D eigenvalue weighted by molar-refractivity contribution is 6.30. The predicted octanol–water partition coefficient (Wildman–Crippen LogP) is 3.23. The van der Waals surface area contributed by atoms with E-state index in [-0.39, 0.29) is 18.2 Å². The molecule has 1 aromatic carbocycles. The topological polar surface area (TPSA) is 38.5 Å². The fourth-order valence-electron chi connectivity index (χ4n) is 2.92. The number of ether oxygens (including phenoxy) is 1. The quantitative estimate of drug-likeness (QED) is 0.927. The maximum atomic E-state index is 6.40. The molecule has 1 saturated heterocycles. The second-order valence-electron chi connectivity index (χ2n) is 5.60. The smallest absolute Gasteiger partial charge is 0.0674 e. The third-order valence-corrected chi connectivity index (χ3v) is 4.18. The third kappa shape index (κ3) is 3.95. The van der Waals surface area contributed by atoms with Crippen LogP contribution in [0.1, 0.15) is 38.3 Å². The maximum absolute atomic E-state index is 6.40. The molecule has 2 N–H and O–H groups in total. The van der Waals surface area contributed by atoms with Crippen molar-refractivity contribution in [2.45, 2.75) is 44.9 Å². The van der Waals surface area contributed by atoms with Crippen molar-refractivity contribution in [3.63, 3.8) is 0 Å². The van der Waals surface area contributed by atoms with Crippen LogP contribution in [0.5, 0.6) is 0 Å². The summed E-state index contributed by atoms with van der Waals surface area (Å²) in [5.41, 5.74) is 7.61. The molecule has 0 bridgehead atoms. The second kappa shape index (κ2) is 7.41. The number of hydrogen-bond donors (Lipinski definition) is 1. The van der Waals surface area contributed by atoms with Gasteiger partial charge in [-0.3, -0.25) is 4.90 Å². The summed E-state index contributed by atoms with van der Waals surface area (Å²) in [6.45, 7) is 7.05. The maximum Gasteiger partial charge on any atom is 0.0674 e. The molecule has 112 valence electrons. The summed E-state index contributed by atoms with van der Waals surface area (Å²) in [6.07, 6.45) is 2.25. The van der Waals surface area contributed by atoms with Crippen molar-refractivity contribution in [3.05, 3.63) is 34.9 Å². The highest BCUT2D eigenvalue weighted by Gasteiger charge is 2.28. The summed E-state index contributed by atoms with van der Waals surface area (Å²) in [5, 5.41) is 0.773. The zero-order valence-electron chi connectivity index (χ0n) is 12.4. The van der Waals surface area contributed by atoms with Crippen LogP contribution >= 0.6 is 11.6 Å². The Morgan fingerprint density at radius 1 is 1.50 bits per heavy atom. The first-order chi connectivity index (χ1) is 9.61. The molecule has 1 fully saturated rings. The van der Waals surface area contributed by atoms with E-state index in [4.69, 9.17) is 22.1 Å². The molecule has 1 aliphatic heterocycles. The van der Waals surface area contributed by atoms with Crippen LogP contribution in [-0.4, -0.2) is 36.7 Å². The van der Waals surface area contributed by atoms with Gasteiger partial charge >= 0.3 is 0 Å². The first-order valence-corrected chi connectivity index (χ1v) is 7.86. The number of nitrogens with two attached hydrogens (primary N) is 1. The number of rotatable bonds is 4. The lowest BCUT2D eigenvalue weighted by molar-refractivity contribution is 0.0575. The molecule has 1 aromatic rings. The molecule has 0 amide bonds. The molecule has 3 atom stereocenters. The molecule has 0 saturated carbocycles. The minimum atomic E-state index is 0.110. The summed E-state index contributed by atoms with van der Waals surface area (Å²) >= 11 is 6.15. The van der Waals surface area contributed by atoms with Gasteiger partial charge in [0.1, 0.15) is 0 Å². The van der Waals surface area contributed by atoms with Gasteiger partial charge in [0.25, 0.3) is 0 Å². The van der Waals surface area contributed by atoms with E-state index in [9.17, 15) is 0 Å². The van der Waals surface area contributed by atoms with Crippen LogP contribution in [-0.2, 0) is 4.74 Å². The summed E-state index contributed by atoms with van der Waals surface area (Å²) in [6, 6.07) is 8.40. The van der Waals surface area contributed by atoms with Crippen LogP contribution in [0.25, 0.3) is 0 Å². The van der Waals surface area contributed by atoms with Gasteiger partial charge in [0.15, 0.2) is 0 Å². The molecule has 1 heterocycles. The predicted molar refractivity (Wildman–Crippen MR) is 84.1 cm³/mol. The molecule has 3 unspecified atom stereocenters. The van der Waals surface area contributed by atoms with Gasteiger partial charge in [-0.1, -0.05) is 30.7 Å². The van der Waals surface area contributed by atoms with E-state index < -0.39 is 0 Å². The van der Waals surface area contributed by atoms with Gasteiger partial charge < -0.3 is 10.5 Å². The molecule has 0 aliphatic carbocycles. The Bertz CT molecular complexity index is 427. The monoisotopic (exact) mass is 296 g/mol. The largest absolute Gasteiger partial charge is 0.377 e. The minimum Gasteiger partial charge on any atom is -0.377 e. The average molecular weight is 297 g/mol. The van der Waals surface area contributed by atoms with E-state index >= 15 is 0 Å². The molecule has 0 aromatic heterocycles. The average Bonchev–Trinajstić information content (AvgIpc) is 2.63. The lowest BCUT2D eigenvalue weighted by Gasteiger charge is -2.35. The molecular formula is C16H25ClN2O. The fraction of sp³-hybridized carbons (Fsp3) is 0.625. The molecule has 4 heteroatoms. The first-order valence-electron chi connectivity index (χ1n) is 7.48. The molecule has 1 aliphatic rings. The highest BCUT2D eigenvalue weighted by atomic mass is 35.5. The van der Waals surface area contributed by atoms with E-state index in [0.717, 1.165) is 37.6 Å². The van der Waals surface area contributed by atoms with Crippen LogP contribution in [0.15, 0.2) is 24.3 Å². The van der Waals surface area contributed by atoms with Crippen molar-refractivity contribution in [3.8, 4) is 0 Å². The SMILES string of the molecule is CCC(N)C(c1cccc(Cl)c1)N1CCCOC(C)C1. The van der Waals surface area contributed by atoms with Crippen LogP contribution in [0.2, 0.25) is 5.02 Å². The van der Waals surface area contributed by atoms with Gasteiger partial charge in [-0.05, 0) is 37.5 Å². The molecule has 20 heavy (non-hydrogen) atoms. The summed E-state index contributed by atoms with van der Waals surface area (Å²) in [7, 11) is 0. The van der Waals surface area contributed by atoms with Gasteiger partial charge in [-0.2, -0.15) is 0 Å². The van der Waals surface area contributed by atoms with E-state index in [1.165, 1.54) is 5.56 Å². The normalized spacial score (nSPS) is 24.1. The van der Waals surface area contributed by atoms with Crippen LogP contribution in [0, 0.1) is 0 Å². The van der Waals surface area contributed by atoms with Gasteiger partial charge in [0.2, 0.25) is 0 Å². The molecule has 0 spiro atoms. The van der Waals surface area contributed by atoms with Crippen molar-refractivity contribution in [1.82, 2.24) is 4.90 Å². The van der Waals surface area contributed by atoms with E-state index in [0.29, 0.717) is 0 Å². The molecule has 3 nitrogen and oxygen atoms in total. The number of halogens is 1. The summed E-state index contributed by atoms with van der Waals surface area (Å²) in [4.78, 5) is 2.46. The standard InChI is InChI=1S/C16H25ClN2O/c1-3-15(18)16(13-6-4-7-14(17)10-13)19-8-5-9-20-12(2)11-19/h4,6-7,10,12,15-16H,3,5,8-9,11,18H2,1-2H3. The zero-order chi connectivity index (χ0) is 14.5. The van der Waals surface area contributed by atoms with Crippen molar-refractivity contribution >= 4 is 11.6 Å². The fourth-order valence-corrected chi connectivity index (χ4v) is 3.12. The Balaban J connectivity index is 2.26. The summed E-state index contributed by atoms with van der Waals surface area (Å²) in [5.74, 6) is 0. The Hall–Kier alpha value is -0.610. The van der Waals surface area contributed by atoms with E-state index in [1.54, 1.807) is 0 Å². The summed E-state index contributed by atoms with van der Waals surface area (Å²) < 4.78 is 5.75. The van der Waals surface area contributed by atoms with Gasteiger partial charge in [-0.25, -0.2) is 0 Å². The van der Waals surface area contributed by atoms with Gasteiger partial charge in [0, 0.05) is 30.8 Å². The van der Waals surface area contributed by atoms with E-state index in [1.807, 2.05) is 18.2 Å². The highest BCUT2D eigenvalue weighted by Crippen LogP contribution is 2.28. The Labute approximate surface area is 127 Å².